The normalized spacial score (nSPS) is 28.8. The number of fused-ring (bicyclic) bond motifs is 8. The summed E-state index contributed by atoms with van der Waals surface area (Å²) < 4.78 is 0. The average Bonchev–Trinajstić information content (AvgIpc) is 2.90. The molecular weight excluding hydrogens is 254 g/mol. The minimum Gasteiger partial charge on any atom is -0.309 e. The number of rotatable bonds is 3. The molecule has 0 heterocycles. The van der Waals surface area contributed by atoms with Crippen molar-refractivity contribution in [1.29, 1.82) is 0 Å². The Balaban J connectivity index is 1.87. The van der Waals surface area contributed by atoms with Crippen molar-refractivity contribution in [2.24, 2.45) is 5.92 Å². The molecule has 0 radical (unpaired) electrons. The fraction of sp³-hybridized carbons (Fsp3) is 0.400. The third kappa shape index (κ3) is 1.61. The summed E-state index contributed by atoms with van der Waals surface area (Å²) in [6, 6.07) is 18.2. The topological polar surface area (TPSA) is 3.24 Å². The first-order valence-corrected chi connectivity index (χ1v) is 7.97. The zero-order valence-corrected chi connectivity index (χ0v) is 13.1. The SMILES string of the molecule is CN(C)CCC1C2c3ccccc3C1(C)c1ccccc12. The molecule has 0 aromatic heterocycles. The van der Waals surface area contributed by atoms with Crippen molar-refractivity contribution < 1.29 is 0 Å². The van der Waals surface area contributed by atoms with Gasteiger partial charge in [0.25, 0.3) is 0 Å². The summed E-state index contributed by atoms with van der Waals surface area (Å²) in [5, 5.41) is 0. The van der Waals surface area contributed by atoms with E-state index in [1.54, 1.807) is 22.3 Å². The Hall–Kier alpha value is -1.60. The van der Waals surface area contributed by atoms with E-state index in [1.165, 1.54) is 13.0 Å². The highest BCUT2D eigenvalue weighted by atomic mass is 15.0. The lowest BCUT2D eigenvalue weighted by Gasteiger charge is -2.31. The van der Waals surface area contributed by atoms with Crippen LogP contribution in [0.4, 0.5) is 0 Å². The predicted octanol–water partition coefficient (Wildman–Crippen LogP) is 4.02. The molecule has 1 heteroatoms. The molecule has 1 atom stereocenters. The second kappa shape index (κ2) is 4.45. The van der Waals surface area contributed by atoms with Crippen LogP contribution in [0, 0.1) is 5.92 Å². The van der Waals surface area contributed by atoms with Gasteiger partial charge in [0.1, 0.15) is 0 Å². The molecule has 2 bridgehead atoms. The molecule has 0 N–H and O–H groups in total. The van der Waals surface area contributed by atoms with Crippen LogP contribution in [0.2, 0.25) is 0 Å². The number of hydrogen-bond donors (Lipinski definition) is 0. The van der Waals surface area contributed by atoms with Gasteiger partial charge in [-0.15, -0.1) is 0 Å². The van der Waals surface area contributed by atoms with E-state index in [9.17, 15) is 0 Å². The van der Waals surface area contributed by atoms with E-state index in [0.717, 1.165) is 0 Å². The van der Waals surface area contributed by atoms with E-state index in [0.29, 0.717) is 11.8 Å². The smallest absolute Gasteiger partial charge is 0.0218 e. The van der Waals surface area contributed by atoms with Crippen LogP contribution in [0.25, 0.3) is 0 Å². The average molecular weight is 277 g/mol. The fourth-order valence-corrected chi connectivity index (χ4v) is 4.81. The van der Waals surface area contributed by atoms with Crippen molar-refractivity contribution >= 4 is 0 Å². The largest absolute Gasteiger partial charge is 0.309 e. The number of nitrogens with zero attached hydrogens (tertiary/aromatic N) is 1. The van der Waals surface area contributed by atoms with Crippen LogP contribution < -0.4 is 0 Å². The summed E-state index contributed by atoms with van der Waals surface area (Å²) in [6.07, 6.45) is 1.26. The molecule has 1 nitrogen and oxygen atoms in total. The molecular formula is C20H23N. The Bertz CT molecular complexity index is 638. The third-order valence-electron chi connectivity index (χ3n) is 5.74. The molecule has 2 aliphatic rings. The Kier molecular flexibility index (Phi) is 2.77. The minimum absolute atomic E-state index is 0.202. The van der Waals surface area contributed by atoms with Gasteiger partial charge in [0.15, 0.2) is 0 Å². The molecule has 0 aliphatic heterocycles. The zero-order valence-electron chi connectivity index (χ0n) is 13.1. The minimum atomic E-state index is 0.202. The zero-order chi connectivity index (χ0) is 14.6. The van der Waals surface area contributed by atoms with E-state index >= 15 is 0 Å². The van der Waals surface area contributed by atoms with Crippen LogP contribution in [0.3, 0.4) is 0 Å². The standard InChI is InChI=1S/C20H23N/c1-20-16-10-6-4-8-14(16)19(18(20)12-13-21(2)3)15-9-5-7-11-17(15)20/h4-11,18-19H,12-13H2,1-3H3. The number of hydrogen-bond acceptors (Lipinski definition) is 1. The molecule has 21 heavy (non-hydrogen) atoms. The van der Waals surface area contributed by atoms with E-state index in [4.69, 9.17) is 0 Å². The summed E-state index contributed by atoms with van der Waals surface area (Å²) in [7, 11) is 4.36. The van der Waals surface area contributed by atoms with E-state index in [2.05, 4.69) is 74.4 Å². The van der Waals surface area contributed by atoms with Gasteiger partial charge in [-0.3, -0.25) is 0 Å². The highest BCUT2D eigenvalue weighted by Gasteiger charge is 2.56. The fourth-order valence-electron chi connectivity index (χ4n) is 4.81. The molecule has 0 saturated carbocycles. The monoisotopic (exact) mass is 277 g/mol. The Morgan fingerprint density at radius 1 is 0.905 bits per heavy atom. The van der Waals surface area contributed by atoms with Crippen molar-refractivity contribution in [2.45, 2.75) is 24.7 Å². The van der Waals surface area contributed by atoms with Gasteiger partial charge in [-0.2, -0.15) is 0 Å². The Morgan fingerprint density at radius 3 is 1.95 bits per heavy atom. The number of benzene rings is 2. The van der Waals surface area contributed by atoms with Crippen LogP contribution in [0.15, 0.2) is 48.5 Å². The molecule has 2 aromatic carbocycles. The molecule has 4 rings (SSSR count). The van der Waals surface area contributed by atoms with Crippen LogP contribution >= 0.6 is 0 Å². The maximum atomic E-state index is 2.47. The first-order valence-electron chi connectivity index (χ1n) is 7.97. The highest BCUT2D eigenvalue weighted by molar-refractivity contribution is 5.63. The van der Waals surface area contributed by atoms with Gasteiger partial charge in [0.2, 0.25) is 0 Å². The van der Waals surface area contributed by atoms with Crippen molar-refractivity contribution in [3.8, 4) is 0 Å². The first kappa shape index (κ1) is 13.1. The molecule has 0 saturated heterocycles. The van der Waals surface area contributed by atoms with Crippen LogP contribution in [-0.2, 0) is 5.41 Å². The van der Waals surface area contributed by atoms with Gasteiger partial charge in [-0.25, -0.2) is 0 Å². The second-order valence-corrected chi connectivity index (χ2v) is 7.05. The molecule has 0 spiro atoms. The van der Waals surface area contributed by atoms with Crippen molar-refractivity contribution in [1.82, 2.24) is 4.90 Å². The molecule has 1 unspecified atom stereocenters. The van der Waals surface area contributed by atoms with Gasteiger partial charge >= 0.3 is 0 Å². The summed E-state index contributed by atoms with van der Waals surface area (Å²) in [6.45, 7) is 3.64. The Labute approximate surface area is 127 Å². The van der Waals surface area contributed by atoms with Gasteiger partial charge in [-0.05, 0) is 55.2 Å². The van der Waals surface area contributed by atoms with Gasteiger partial charge < -0.3 is 4.90 Å². The van der Waals surface area contributed by atoms with Crippen molar-refractivity contribution in [2.75, 3.05) is 20.6 Å². The van der Waals surface area contributed by atoms with E-state index in [-0.39, 0.29) is 5.41 Å². The summed E-state index contributed by atoms with van der Waals surface area (Å²) >= 11 is 0. The Morgan fingerprint density at radius 2 is 1.43 bits per heavy atom. The lowest BCUT2D eigenvalue weighted by atomic mass is 9.73. The summed E-state index contributed by atoms with van der Waals surface area (Å²) in [5.41, 5.74) is 6.48. The van der Waals surface area contributed by atoms with Gasteiger partial charge in [-0.1, -0.05) is 55.5 Å². The van der Waals surface area contributed by atoms with Crippen LogP contribution in [0.5, 0.6) is 0 Å². The first-order chi connectivity index (χ1) is 10.1. The predicted molar refractivity (Wildman–Crippen MR) is 87.8 cm³/mol. The van der Waals surface area contributed by atoms with Crippen LogP contribution in [-0.4, -0.2) is 25.5 Å². The molecule has 2 aromatic rings. The molecule has 0 fully saturated rings. The third-order valence-corrected chi connectivity index (χ3v) is 5.74. The lowest BCUT2D eigenvalue weighted by Crippen LogP contribution is -2.29. The summed E-state index contributed by atoms with van der Waals surface area (Å²) in [4.78, 5) is 2.32. The quantitative estimate of drug-likeness (QED) is 0.819. The highest BCUT2D eigenvalue weighted by Crippen LogP contribution is 2.64. The van der Waals surface area contributed by atoms with Crippen molar-refractivity contribution in [3.63, 3.8) is 0 Å². The van der Waals surface area contributed by atoms with Crippen LogP contribution in [0.1, 0.15) is 41.5 Å². The molecule has 108 valence electrons. The molecule has 2 aliphatic carbocycles. The van der Waals surface area contributed by atoms with Crippen molar-refractivity contribution in [3.05, 3.63) is 70.8 Å². The summed E-state index contributed by atoms with van der Waals surface area (Å²) in [5.74, 6) is 1.30. The second-order valence-electron chi connectivity index (χ2n) is 7.05. The maximum Gasteiger partial charge on any atom is 0.0218 e. The molecule has 0 amide bonds. The van der Waals surface area contributed by atoms with Gasteiger partial charge in [0.05, 0.1) is 0 Å². The van der Waals surface area contributed by atoms with E-state index < -0.39 is 0 Å². The lowest BCUT2D eigenvalue weighted by molar-refractivity contribution is 0.299. The van der Waals surface area contributed by atoms with Gasteiger partial charge in [0, 0.05) is 11.3 Å². The maximum absolute atomic E-state index is 2.47. The van der Waals surface area contributed by atoms with E-state index in [1.807, 2.05) is 0 Å².